The molecule has 1 amide bonds. The number of rotatable bonds is 6. The summed E-state index contributed by atoms with van der Waals surface area (Å²) in [6.45, 7) is 1.35. The Hall–Kier alpha value is -2.46. The van der Waals surface area contributed by atoms with Gasteiger partial charge in [0.1, 0.15) is 12.1 Å². The highest BCUT2D eigenvalue weighted by molar-refractivity contribution is 5.92. The molecule has 2 aliphatic rings. The lowest BCUT2D eigenvalue weighted by molar-refractivity contribution is -0.137. The molecule has 1 aliphatic heterocycles. The van der Waals surface area contributed by atoms with Crippen LogP contribution in [0.5, 0.6) is 0 Å². The Kier molecular flexibility index (Phi) is 6.02. The van der Waals surface area contributed by atoms with E-state index >= 15 is 0 Å². The van der Waals surface area contributed by atoms with E-state index < -0.39 is 17.6 Å². The number of alkyl halides is 3. The third-order valence-corrected chi connectivity index (χ3v) is 6.49. The lowest BCUT2D eigenvalue weighted by Gasteiger charge is -2.50. The first-order chi connectivity index (χ1) is 14.8. The molecule has 31 heavy (non-hydrogen) atoms. The molecular formula is C21H27F3N6O. The topological polar surface area (TPSA) is 87.4 Å². The summed E-state index contributed by atoms with van der Waals surface area (Å²) in [6.07, 6.45) is 1.32. The molecule has 0 unspecified atom stereocenters. The van der Waals surface area contributed by atoms with Gasteiger partial charge in [0.15, 0.2) is 0 Å². The van der Waals surface area contributed by atoms with Crippen LogP contribution < -0.4 is 16.0 Å². The second-order valence-corrected chi connectivity index (χ2v) is 8.42. The number of halogens is 3. The van der Waals surface area contributed by atoms with E-state index in [1.54, 1.807) is 4.90 Å². The van der Waals surface area contributed by atoms with Crippen molar-refractivity contribution in [3.05, 3.63) is 30.1 Å². The summed E-state index contributed by atoms with van der Waals surface area (Å²) in [5, 5.41) is 3.60. The standard InChI is InChI=1S/C21H27F3N6O/c1-26-14-3-5-15(6-4-14)29-9-16(10-29)30(11-19(25)31)20-17-8-13(21(22,23)24)2-7-18(17)27-12-28-20/h2,7-8,12,14-16,26H,3-6,9-11H2,1H3,(H2,25,31). The molecule has 0 atom stereocenters. The van der Waals surface area contributed by atoms with Gasteiger partial charge in [0.05, 0.1) is 23.7 Å². The number of amides is 1. The predicted molar refractivity (Wildman–Crippen MR) is 112 cm³/mol. The lowest BCUT2D eigenvalue weighted by atomic mass is 9.88. The van der Waals surface area contributed by atoms with Crippen LogP contribution in [0.1, 0.15) is 31.2 Å². The van der Waals surface area contributed by atoms with Gasteiger partial charge in [0.25, 0.3) is 0 Å². The molecule has 3 N–H and O–H groups in total. The Balaban J connectivity index is 1.56. The number of hydrogen-bond donors (Lipinski definition) is 2. The average Bonchev–Trinajstić information content (AvgIpc) is 2.70. The highest BCUT2D eigenvalue weighted by atomic mass is 19.4. The zero-order chi connectivity index (χ0) is 22.2. The van der Waals surface area contributed by atoms with Gasteiger partial charge in [-0.3, -0.25) is 9.69 Å². The van der Waals surface area contributed by atoms with Crippen molar-refractivity contribution in [2.45, 2.75) is 50.0 Å². The summed E-state index contributed by atoms with van der Waals surface area (Å²) in [6, 6.07) is 4.41. The first-order valence-corrected chi connectivity index (χ1v) is 10.5. The minimum absolute atomic E-state index is 0.0397. The van der Waals surface area contributed by atoms with Crippen molar-refractivity contribution in [1.82, 2.24) is 20.2 Å². The fraction of sp³-hybridized carbons (Fsp3) is 0.571. The van der Waals surface area contributed by atoms with E-state index in [2.05, 4.69) is 20.2 Å². The van der Waals surface area contributed by atoms with E-state index in [1.807, 2.05) is 7.05 Å². The molecular weight excluding hydrogens is 409 g/mol. The molecule has 1 aliphatic carbocycles. The molecule has 0 bridgehead atoms. The largest absolute Gasteiger partial charge is 0.416 e. The van der Waals surface area contributed by atoms with Crippen molar-refractivity contribution in [3.63, 3.8) is 0 Å². The maximum absolute atomic E-state index is 13.3. The monoisotopic (exact) mass is 436 g/mol. The van der Waals surface area contributed by atoms with E-state index in [-0.39, 0.29) is 18.0 Å². The molecule has 1 saturated heterocycles. The fourth-order valence-corrected chi connectivity index (χ4v) is 4.71. The molecule has 2 aromatic rings. The van der Waals surface area contributed by atoms with Gasteiger partial charge >= 0.3 is 6.18 Å². The highest BCUT2D eigenvalue weighted by Gasteiger charge is 2.39. The minimum Gasteiger partial charge on any atom is -0.368 e. The van der Waals surface area contributed by atoms with Gasteiger partial charge in [-0.25, -0.2) is 9.97 Å². The van der Waals surface area contributed by atoms with Crippen LogP contribution in [0.2, 0.25) is 0 Å². The fourth-order valence-electron chi connectivity index (χ4n) is 4.71. The van der Waals surface area contributed by atoms with Gasteiger partial charge in [-0.1, -0.05) is 0 Å². The zero-order valence-corrected chi connectivity index (χ0v) is 17.4. The molecule has 1 saturated carbocycles. The van der Waals surface area contributed by atoms with Crippen molar-refractivity contribution in [1.29, 1.82) is 0 Å². The van der Waals surface area contributed by atoms with Crippen LogP contribution in [0.3, 0.4) is 0 Å². The van der Waals surface area contributed by atoms with E-state index in [1.165, 1.54) is 12.4 Å². The quantitative estimate of drug-likeness (QED) is 0.722. The van der Waals surface area contributed by atoms with E-state index in [0.29, 0.717) is 23.4 Å². The molecule has 0 radical (unpaired) electrons. The summed E-state index contributed by atoms with van der Waals surface area (Å²) in [4.78, 5) is 24.3. The number of benzene rings is 1. The van der Waals surface area contributed by atoms with Crippen molar-refractivity contribution < 1.29 is 18.0 Å². The summed E-state index contributed by atoms with van der Waals surface area (Å²) >= 11 is 0. The number of likely N-dealkylation sites (tertiary alicyclic amines) is 1. The van der Waals surface area contributed by atoms with E-state index in [0.717, 1.165) is 50.9 Å². The molecule has 0 spiro atoms. The summed E-state index contributed by atoms with van der Waals surface area (Å²) in [5.74, 6) is -0.231. The smallest absolute Gasteiger partial charge is 0.368 e. The Labute approximate surface area is 178 Å². The summed E-state index contributed by atoms with van der Waals surface area (Å²) in [5.41, 5.74) is 5.10. The molecule has 7 nitrogen and oxygen atoms in total. The number of nitrogens with zero attached hydrogens (tertiary/aromatic N) is 4. The van der Waals surface area contributed by atoms with Crippen LogP contribution in [0.25, 0.3) is 10.9 Å². The Bertz CT molecular complexity index is 938. The second kappa shape index (κ2) is 8.58. The van der Waals surface area contributed by atoms with E-state index in [9.17, 15) is 18.0 Å². The molecule has 2 heterocycles. The Morgan fingerprint density at radius 1 is 1.23 bits per heavy atom. The average molecular weight is 436 g/mol. The van der Waals surface area contributed by atoms with Gasteiger partial charge in [-0.05, 0) is 50.9 Å². The zero-order valence-electron chi connectivity index (χ0n) is 17.4. The van der Waals surface area contributed by atoms with Gasteiger partial charge in [0, 0.05) is 30.6 Å². The molecule has 4 rings (SSSR count). The summed E-state index contributed by atoms with van der Waals surface area (Å²) in [7, 11) is 1.99. The SMILES string of the molecule is CNC1CCC(N2CC(N(CC(N)=O)c3ncnc4ccc(C(F)(F)F)cc34)C2)CC1. The van der Waals surface area contributed by atoms with Gasteiger partial charge in [-0.15, -0.1) is 0 Å². The Morgan fingerprint density at radius 2 is 1.94 bits per heavy atom. The predicted octanol–water partition coefficient (Wildman–Crippen LogP) is 2.16. The number of carbonyl (C=O) groups excluding carboxylic acids is 1. The molecule has 10 heteroatoms. The van der Waals surface area contributed by atoms with Crippen molar-refractivity contribution in [2.24, 2.45) is 5.73 Å². The van der Waals surface area contributed by atoms with Crippen LogP contribution >= 0.6 is 0 Å². The van der Waals surface area contributed by atoms with Gasteiger partial charge in [0.2, 0.25) is 5.91 Å². The van der Waals surface area contributed by atoms with Crippen LogP contribution in [0.15, 0.2) is 24.5 Å². The molecule has 2 fully saturated rings. The molecule has 1 aromatic heterocycles. The second-order valence-electron chi connectivity index (χ2n) is 8.42. The number of nitrogens with two attached hydrogens (primary N) is 1. The van der Waals surface area contributed by atoms with Crippen LogP contribution in [-0.2, 0) is 11.0 Å². The number of anilines is 1. The number of carbonyl (C=O) groups is 1. The van der Waals surface area contributed by atoms with Gasteiger partial charge < -0.3 is 16.0 Å². The number of fused-ring (bicyclic) bond motifs is 1. The van der Waals surface area contributed by atoms with Crippen LogP contribution in [0, 0.1) is 0 Å². The molecule has 168 valence electrons. The number of nitrogens with one attached hydrogen (secondary N) is 1. The lowest BCUT2D eigenvalue weighted by Crippen LogP contribution is -2.64. The normalized spacial score (nSPS) is 23.0. The maximum Gasteiger partial charge on any atom is 0.416 e. The third kappa shape index (κ3) is 4.59. The Morgan fingerprint density at radius 3 is 2.55 bits per heavy atom. The third-order valence-electron chi connectivity index (χ3n) is 6.49. The minimum atomic E-state index is -4.48. The highest BCUT2D eigenvalue weighted by Crippen LogP contribution is 2.35. The van der Waals surface area contributed by atoms with Crippen LogP contribution in [-0.4, -0.2) is 65.6 Å². The number of hydrogen-bond acceptors (Lipinski definition) is 6. The van der Waals surface area contributed by atoms with Crippen molar-refractivity contribution >= 4 is 22.6 Å². The number of aromatic nitrogens is 2. The van der Waals surface area contributed by atoms with Crippen LogP contribution in [0.4, 0.5) is 19.0 Å². The first kappa shape index (κ1) is 21.8. The number of primary amides is 1. The maximum atomic E-state index is 13.3. The summed E-state index contributed by atoms with van der Waals surface area (Å²) < 4.78 is 39.8. The van der Waals surface area contributed by atoms with Gasteiger partial charge in [-0.2, -0.15) is 13.2 Å². The van der Waals surface area contributed by atoms with E-state index in [4.69, 9.17) is 5.73 Å². The first-order valence-electron chi connectivity index (χ1n) is 10.5. The molecule has 1 aromatic carbocycles. The van der Waals surface area contributed by atoms with Crippen molar-refractivity contribution in [2.75, 3.05) is 31.6 Å². The van der Waals surface area contributed by atoms with Crippen molar-refractivity contribution in [3.8, 4) is 0 Å².